The first-order valence-corrected chi connectivity index (χ1v) is 26.1. The van der Waals surface area contributed by atoms with Crippen molar-refractivity contribution in [3.63, 3.8) is 0 Å². The molecule has 1 nitrogen and oxygen atoms in total. The number of anilines is 3. The Labute approximate surface area is 428 Å². The van der Waals surface area contributed by atoms with Gasteiger partial charge in [0.05, 0.1) is 11.4 Å². The van der Waals surface area contributed by atoms with Gasteiger partial charge in [-0.05, 0) is 124 Å². The quantitative estimate of drug-likeness (QED) is 0.147. The molecule has 348 valence electrons. The summed E-state index contributed by atoms with van der Waals surface area (Å²) in [5, 5.41) is 7.54. The zero-order valence-electron chi connectivity index (χ0n) is 41.9. The molecule has 12 rings (SSSR count). The molecule has 11 aromatic carbocycles. The lowest BCUT2D eigenvalue weighted by atomic mass is 9.78. The molecule has 0 N–H and O–H groups in total. The van der Waals surface area contributed by atoms with Gasteiger partial charge in [0.2, 0.25) is 0 Å². The summed E-state index contributed by atoms with van der Waals surface area (Å²) in [6.07, 6.45) is 0. The van der Waals surface area contributed by atoms with Gasteiger partial charge >= 0.3 is 0 Å². The van der Waals surface area contributed by atoms with E-state index in [1.807, 2.05) is 11.3 Å². The summed E-state index contributed by atoms with van der Waals surface area (Å²) in [5.74, 6) is 0. The summed E-state index contributed by atoms with van der Waals surface area (Å²) in [7, 11) is 0. The van der Waals surface area contributed by atoms with Crippen molar-refractivity contribution in [2.45, 2.75) is 52.4 Å². The highest BCUT2D eigenvalue weighted by molar-refractivity contribution is 7.25. The zero-order chi connectivity index (χ0) is 49.1. The molecule has 1 heterocycles. The lowest BCUT2D eigenvalue weighted by Gasteiger charge is -2.31. The van der Waals surface area contributed by atoms with E-state index in [-0.39, 0.29) is 10.8 Å². The third-order valence-electron chi connectivity index (χ3n) is 14.6. The van der Waals surface area contributed by atoms with Crippen molar-refractivity contribution >= 4 is 70.1 Å². The van der Waals surface area contributed by atoms with Crippen LogP contribution in [0.15, 0.2) is 237 Å². The second kappa shape index (κ2) is 18.0. The van der Waals surface area contributed by atoms with Crippen LogP contribution in [0.25, 0.3) is 97.4 Å². The van der Waals surface area contributed by atoms with E-state index in [1.54, 1.807) is 0 Å². The van der Waals surface area contributed by atoms with Crippen LogP contribution in [0.1, 0.15) is 52.7 Å². The van der Waals surface area contributed by atoms with E-state index in [4.69, 9.17) is 0 Å². The van der Waals surface area contributed by atoms with Crippen LogP contribution in [0, 0.1) is 0 Å². The minimum atomic E-state index is -0.0184. The molecule has 72 heavy (non-hydrogen) atoms. The summed E-state index contributed by atoms with van der Waals surface area (Å²) in [6, 6.07) is 88.1. The summed E-state index contributed by atoms with van der Waals surface area (Å²) >= 11 is 1.87. The fraction of sp³-hybridized carbons (Fsp3) is 0.114. The van der Waals surface area contributed by atoms with Gasteiger partial charge in [-0.3, -0.25) is 0 Å². The molecule has 0 atom stereocenters. The average Bonchev–Trinajstić information content (AvgIpc) is 3.80. The molecule has 0 aliphatic carbocycles. The Balaban J connectivity index is 1.11. The van der Waals surface area contributed by atoms with Crippen LogP contribution in [0.5, 0.6) is 0 Å². The van der Waals surface area contributed by atoms with Gasteiger partial charge < -0.3 is 4.90 Å². The van der Waals surface area contributed by atoms with Crippen LogP contribution in [-0.2, 0) is 10.8 Å². The number of para-hydroxylation sites is 2. The second-order valence-corrected chi connectivity index (χ2v) is 22.4. The van der Waals surface area contributed by atoms with E-state index in [2.05, 4.69) is 283 Å². The topological polar surface area (TPSA) is 3.24 Å². The van der Waals surface area contributed by atoms with E-state index in [1.165, 1.54) is 97.4 Å². The van der Waals surface area contributed by atoms with Crippen molar-refractivity contribution in [2.24, 2.45) is 0 Å². The Bertz CT molecular complexity index is 3950. The lowest BCUT2D eigenvalue weighted by Crippen LogP contribution is -2.16. The van der Waals surface area contributed by atoms with E-state index in [0.29, 0.717) is 0 Å². The average molecular weight is 944 g/mol. The maximum Gasteiger partial charge on any atom is 0.0540 e. The molecule has 0 aliphatic heterocycles. The SMILES string of the molecule is CC(C)(C)c1cc(-c2cccc3cccc(-c4ccccc4N(c4ccc(-c5cccc6sc7ccccc7c56)cc4)c4ccccc4-c4cccc5cccc(-c6ccccc6)c45)c23)cc(C(C)(C)C)c1. The van der Waals surface area contributed by atoms with Gasteiger partial charge in [-0.2, -0.15) is 0 Å². The highest BCUT2D eigenvalue weighted by Crippen LogP contribution is 2.50. The molecule has 1 aromatic heterocycles. The van der Waals surface area contributed by atoms with Crippen LogP contribution in [-0.4, -0.2) is 0 Å². The number of thiophene rings is 1. The standard InChI is InChI=1S/C70H57NS/c1-69(2,3)51-43-50(44-52(45-51)70(4,5)6)56-31-17-24-49-26-19-34-60(67(49)56)58-28-11-14-36-63(58)71(53-41-39-47(40-42-53)55-32-20-38-65-68(55)61-29-12-15-37-64(61)72-65)62-35-13-10-27-57(62)59-33-18-25-48-23-16-30-54(66(48)59)46-21-8-7-9-22-46/h7-45H,1-6H3. The van der Waals surface area contributed by atoms with Crippen molar-refractivity contribution < 1.29 is 0 Å². The fourth-order valence-electron chi connectivity index (χ4n) is 10.9. The Kier molecular flexibility index (Phi) is 11.3. The number of benzene rings is 11. The highest BCUT2D eigenvalue weighted by Gasteiger charge is 2.26. The summed E-state index contributed by atoms with van der Waals surface area (Å²) in [5.41, 5.74) is 18.0. The van der Waals surface area contributed by atoms with Crippen LogP contribution < -0.4 is 4.90 Å². The first-order chi connectivity index (χ1) is 35.0. The summed E-state index contributed by atoms with van der Waals surface area (Å²) < 4.78 is 2.62. The van der Waals surface area contributed by atoms with E-state index < -0.39 is 0 Å². The molecule has 0 radical (unpaired) electrons. The van der Waals surface area contributed by atoms with Crippen LogP contribution in [0.4, 0.5) is 17.1 Å². The number of rotatable bonds is 8. The zero-order valence-corrected chi connectivity index (χ0v) is 42.7. The Hall–Kier alpha value is -8.04. The molecule has 12 aromatic rings. The minimum Gasteiger partial charge on any atom is -0.309 e. The normalized spacial score (nSPS) is 12.0. The van der Waals surface area contributed by atoms with Gasteiger partial charge in [-0.25, -0.2) is 0 Å². The number of fused-ring (bicyclic) bond motifs is 5. The van der Waals surface area contributed by atoms with Gasteiger partial charge in [0, 0.05) is 37.0 Å². The maximum absolute atomic E-state index is 2.51. The number of hydrogen-bond donors (Lipinski definition) is 0. The van der Waals surface area contributed by atoms with Gasteiger partial charge in [-0.1, -0.05) is 242 Å². The monoisotopic (exact) mass is 943 g/mol. The largest absolute Gasteiger partial charge is 0.309 e. The van der Waals surface area contributed by atoms with Crippen molar-refractivity contribution in [3.8, 4) is 55.6 Å². The second-order valence-electron chi connectivity index (χ2n) is 21.3. The van der Waals surface area contributed by atoms with Crippen LogP contribution in [0.3, 0.4) is 0 Å². The summed E-state index contributed by atoms with van der Waals surface area (Å²) in [4.78, 5) is 2.51. The maximum atomic E-state index is 2.51. The Morgan fingerprint density at radius 1 is 0.306 bits per heavy atom. The first-order valence-electron chi connectivity index (χ1n) is 25.2. The highest BCUT2D eigenvalue weighted by atomic mass is 32.1. The van der Waals surface area contributed by atoms with Gasteiger partial charge in [0.15, 0.2) is 0 Å². The predicted octanol–water partition coefficient (Wildman–Crippen LogP) is 20.8. The molecule has 0 saturated carbocycles. The number of nitrogens with zero attached hydrogens (tertiary/aromatic N) is 1. The number of hydrogen-bond acceptors (Lipinski definition) is 2. The van der Waals surface area contributed by atoms with Gasteiger partial charge in [-0.15, -0.1) is 11.3 Å². The molecule has 0 amide bonds. The molecule has 0 aliphatic rings. The smallest absolute Gasteiger partial charge is 0.0540 e. The molecule has 0 fully saturated rings. The molecular weight excluding hydrogens is 887 g/mol. The van der Waals surface area contributed by atoms with Gasteiger partial charge in [0.25, 0.3) is 0 Å². The third kappa shape index (κ3) is 8.07. The molecule has 0 bridgehead atoms. The van der Waals surface area contributed by atoms with Crippen molar-refractivity contribution in [1.82, 2.24) is 0 Å². The molecular formula is C70H57NS. The fourth-order valence-corrected chi connectivity index (χ4v) is 12.0. The van der Waals surface area contributed by atoms with Crippen molar-refractivity contribution in [2.75, 3.05) is 4.90 Å². The van der Waals surface area contributed by atoms with Gasteiger partial charge in [0.1, 0.15) is 0 Å². The van der Waals surface area contributed by atoms with Crippen LogP contribution >= 0.6 is 11.3 Å². The molecule has 0 unspecified atom stereocenters. The lowest BCUT2D eigenvalue weighted by molar-refractivity contribution is 0.569. The molecule has 0 saturated heterocycles. The molecule has 2 heteroatoms. The third-order valence-corrected chi connectivity index (χ3v) is 15.7. The Morgan fingerprint density at radius 3 is 1.28 bits per heavy atom. The van der Waals surface area contributed by atoms with E-state index >= 15 is 0 Å². The van der Waals surface area contributed by atoms with E-state index in [0.717, 1.165) is 28.2 Å². The predicted molar refractivity (Wildman–Crippen MR) is 314 cm³/mol. The minimum absolute atomic E-state index is 0.0184. The van der Waals surface area contributed by atoms with Crippen LogP contribution in [0.2, 0.25) is 0 Å². The molecule has 0 spiro atoms. The van der Waals surface area contributed by atoms with E-state index in [9.17, 15) is 0 Å². The van der Waals surface area contributed by atoms with Crippen molar-refractivity contribution in [3.05, 3.63) is 248 Å². The first kappa shape index (κ1) is 45.1. The van der Waals surface area contributed by atoms with Crippen molar-refractivity contribution in [1.29, 1.82) is 0 Å². The summed E-state index contributed by atoms with van der Waals surface area (Å²) in [6.45, 7) is 14.0. The Morgan fingerprint density at radius 2 is 0.722 bits per heavy atom.